The van der Waals surface area contributed by atoms with Gasteiger partial charge >= 0.3 is 5.97 Å². The van der Waals surface area contributed by atoms with Gasteiger partial charge in [-0.2, -0.15) is 0 Å². The van der Waals surface area contributed by atoms with Gasteiger partial charge in [0.2, 0.25) is 0 Å². The first-order valence-electron chi connectivity index (χ1n) is 6.93. The summed E-state index contributed by atoms with van der Waals surface area (Å²) in [6.45, 7) is 2.61. The van der Waals surface area contributed by atoms with Gasteiger partial charge in [0.25, 0.3) is 5.69 Å². The minimum absolute atomic E-state index is 0.179. The van der Waals surface area contributed by atoms with E-state index in [1.54, 1.807) is 0 Å². The maximum atomic E-state index is 13.9. The van der Waals surface area contributed by atoms with E-state index in [-0.39, 0.29) is 17.4 Å². The number of nitrogens with zero attached hydrogens (tertiary/aromatic N) is 2. The smallest absolute Gasteiger partial charge is 0.338 e. The van der Waals surface area contributed by atoms with Crippen LogP contribution in [0.1, 0.15) is 43.0 Å². The SMILES string of the molecule is CCCCN(c1cc(F)c(C(=O)O)cc1[N+](=O)[O-])C1CC1. The van der Waals surface area contributed by atoms with E-state index in [2.05, 4.69) is 0 Å². The lowest BCUT2D eigenvalue weighted by atomic mass is 10.1. The van der Waals surface area contributed by atoms with Gasteiger partial charge in [0.05, 0.1) is 4.92 Å². The molecule has 0 bridgehead atoms. The van der Waals surface area contributed by atoms with Gasteiger partial charge in [-0.1, -0.05) is 13.3 Å². The standard InChI is InChI=1S/C14H17FN2O4/c1-2-3-6-16(9-4-5-9)12-8-11(15)10(14(18)19)7-13(12)17(20)21/h7-9H,2-6H2,1H3,(H,18,19). The molecule has 1 fully saturated rings. The zero-order valence-corrected chi connectivity index (χ0v) is 11.7. The third kappa shape index (κ3) is 3.29. The average Bonchev–Trinajstić information content (AvgIpc) is 3.23. The highest BCUT2D eigenvalue weighted by molar-refractivity contribution is 5.90. The van der Waals surface area contributed by atoms with Crippen molar-refractivity contribution < 1.29 is 19.2 Å². The van der Waals surface area contributed by atoms with Crippen LogP contribution in [0.2, 0.25) is 0 Å². The maximum absolute atomic E-state index is 13.9. The molecule has 0 amide bonds. The number of carboxylic acid groups (broad SMARTS) is 1. The van der Waals surface area contributed by atoms with Gasteiger partial charge in [-0.05, 0) is 19.3 Å². The Hall–Kier alpha value is -2.18. The lowest BCUT2D eigenvalue weighted by molar-refractivity contribution is -0.384. The molecule has 0 spiro atoms. The highest BCUT2D eigenvalue weighted by Crippen LogP contribution is 2.38. The molecule has 0 unspecified atom stereocenters. The predicted octanol–water partition coefficient (Wildman–Crippen LogP) is 3.20. The zero-order chi connectivity index (χ0) is 15.6. The Morgan fingerprint density at radius 3 is 2.67 bits per heavy atom. The molecule has 2 rings (SSSR count). The molecule has 114 valence electrons. The average molecular weight is 296 g/mol. The van der Waals surface area contributed by atoms with Gasteiger partial charge in [0.1, 0.15) is 17.1 Å². The van der Waals surface area contributed by atoms with E-state index in [4.69, 9.17) is 5.11 Å². The van der Waals surface area contributed by atoms with Crippen molar-refractivity contribution in [3.05, 3.63) is 33.6 Å². The maximum Gasteiger partial charge on any atom is 0.338 e. The number of nitro groups is 1. The van der Waals surface area contributed by atoms with E-state index >= 15 is 0 Å². The van der Waals surface area contributed by atoms with Crippen molar-refractivity contribution in [1.29, 1.82) is 0 Å². The summed E-state index contributed by atoms with van der Waals surface area (Å²) >= 11 is 0. The van der Waals surface area contributed by atoms with Crippen LogP contribution in [-0.2, 0) is 0 Å². The number of carbonyl (C=O) groups is 1. The van der Waals surface area contributed by atoms with E-state index in [1.165, 1.54) is 0 Å². The molecule has 1 saturated carbocycles. The minimum atomic E-state index is -1.51. The van der Waals surface area contributed by atoms with E-state index < -0.39 is 22.3 Å². The molecule has 1 N–H and O–H groups in total. The Bertz CT molecular complexity index is 572. The predicted molar refractivity (Wildman–Crippen MR) is 75.3 cm³/mol. The fourth-order valence-electron chi connectivity index (χ4n) is 2.31. The molecule has 21 heavy (non-hydrogen) atoms. The number of halogens is 1. The summed E-state index contributed by atoms with van der Waals surface area (Å²) in [6.07, 6.45) is 3.61. The summed E-state index contributed by atoms with van der Waals surface area (Å²) in [4.78, 5) is 23.3. The number of nitro benzene ring substituents is 1. The molecule has 0 radical (unpaired) electrons. The molecule has 1 aliphatic carbocycles. The molecule has 0 aliphatic heterocycles. The van der Waals surface area contributed by atoms with Crippen LogP contribution in [0.3, 0.4) is 0 Å². The first-order valence-corrected chi connectivity index (χ1v) is 6.93. The van der Waals surface area contributed by atoms with Gasteiger partial charge in [-0.3, -0.25) is 10.1 Å². The molecule has 0 heterocycles. The minimum Gasteiger partial charge on any atom is -0.478 e. The second-order valence-electron chi connectivity index (χ2n) is 5.16. The van der Waals surface area contributed by atoms with E-state index in [1.807, 2.05) is 11.8 Å². The third-order valence-corrected chi connectivity index (χ3v) is 3.54. The first kappa shape index (κ1) is 15.2. The zero-order valence-electron chi connectivity index (χ0n) is 11.7. The van der Waals surface area contributed by atoms with Crippen LogP contribution < -0.4 is 4.90 Å². The van der Waals surface area contributed by atoms with Crippen molar-refractivity contribution in [2.75, 3.05) is 11.4 Å². The number of unbranched alkanes of at least 4 members (excludes halogenated alkanes) is 1. The van der Waals surface area contributed by atoms with Gasteiger partial charge < -0.3 is 10.0 Å². The van der Waals surface area contributed by atoms with Crippen molar-refractivity contribution in [1.82, 2.24) is 0 Å². The summed E-state index contributed by atoms with van der Waals surface area (Å²) < 4.78 is 13.9. The normalized spacial score (nSPS) is 14.0. The summed E-state index contributed by atoms with van der Waals surface area (Å²) in [5, 5.41) is 20.1. The molecule has 0 atom stereocenters. The Morgan fingerprint density at radius 2 is 2.19 bits per heavy atom. The number of aromatic carboxylic acids is 1. The van der Waals surface area contributed by atoms with E-state index in [0.29, 0.717) is 6.54 Å². The lowest BCUT2D eigenvalue weighted by Gasteiger charge is -2.24. The number of anilines is 1. The number of hydrogen-bond donors (Lipinski definition) is 1. The van der Waals surface area contributed by atoms with Crippen LogP contribution >= 0.6 is 0 Å². The molecular formula is C14H17FN2O4. The van der Waals surface area contributed by atoms with E-state index in [9.17, 15) is 19.3 Å². The molecular weight excluding hydrogens is 279 g/mol. The number of hydrogen-bond acceptors (Lipinski definition) is 4. The van der Waals surface area contributed by atoms with Crippen molar-refractivity contribution in [3.8, 4) is 0 Å². The monoisotopic (exact) mass is 296 g/mol. The second-order valence-corrected chi connectivity index (χ2v) is 5.16. The van der Waals surface area contributed by atoms with Crippen molar-refractivity contribution >= 4 is 17.3 Å². The summed E-state index contributed by atoms with van der Waals surface area (Å²) in [6, 6.07) is 1.98. The second kappa shape index (κ2) is 6.07. The summed E-state index contributed by atoms with van der Waals surface area (Å²) in [7, 11) is 0. The van der Waals surface area contributed by atoms with Crippen LogP contribution in [0, 0.1) is 15.9 Å². The lowest BCUT2D eigenvalue weighted by Crippen LogP contribution is -2.28. The molecule has 1 aromatic rings. The molecule has 6 nitrogen and oxygen atoms in total. The van der Waals surface area contributed by atoms with Crippen LogP contribution in [0.15, 0.2) is 12.1 Å². The Morgan fingerprint density at radius 1 is 1.52 bits per heavy atom. The van der Waals surface area contributed by atoms with Gasteiger partial charge in [-0.25, -0.2) is 9.18 Å². The fraction of sp³-hybridized carbons (Fsp3) is 0.500. The van der Waals surface area contributed by atoms with Crippen LogP contribution in [0.5, 0.6) is 0 Å². The number of benzene rings is 1. The van der Waals surface area contributed by atoms with Crippen molar-refractivity contribution in [3.63, 3.8) is 0 Å². The summed E-state index contributed by atoms with van der Waals surface area (Å²) in [5.74, 6) is -2.45. The number of rotatable bonds is 7. The molecule has 0 saturated heterocycles. The Labute approximate surface area is 121 Å². The van der Waals surface area contributed by atoms with Crippen LogP contribution in [0.4, 0.5) is 15.8 Å². The molecule has 1 aliphatic rings. The fourth-order valence-corrected chi connectivity index (χ4v) is 2.31. The first-order chi connectivity index (χ1) is 9.95. The Kier molecular flexibility index (Phi) is 4.40. The highest BCUT2D eigenvalue weighted by atomic mass is 19.1. The number of carboxylic acids is 1. The topological polar surface area (TPSA) is 83.7 Å². The van der Waals surface area contributed by atoms with Crippen molar-refractivity contribution in [2.45, 2.75) is 38.6 Å². The quantitative estimate of drug-likeness (QED) is 0.617. The third-order valence-electron chi connectivity index (χ3n) is 3.54. The van der Waals surface area contributed by atoms with Gasteiger partial charge in [-0.15, -0.1) is 0 Å². The van der Waals surface area contributed by atoms with E-state index in [0.717, 1.165) is 37.8 Å². The molecule has 7 heteroatoms. The molecule has 1 aromatic carbocycles. The Balaban J connectivity index is 2.47. The highest BCUT2D eigenvalue weighted by Gasteiger charge is 2.34. The van der Waals surface area contributed by atoms with Crippen LogP contribution in [0.25, 0.3) is 0 Å². The van der Waals surface area contributed by atoms with Crippen molar-refractivity contribution in [2.24, 2.45) is 0 Å². The summed E-state index contributed by atoms with van der Waals surface area (Å²) in [5.41, 5.74) is -0.841. The molecule has 0 aromatic heterocycles. The van der Waals surface area contributed by atoms with Crippen LogP contribution in [-0.4, -0.2) is 28.6 Å². The largest absolute Gasteiger partial charge is 0.478 e. The van der Waals surface area contributed by atoms with Gasteiger partial charge in [0, 0.05) is 24.7 Å². The van der Waals surface area contributed by atoms with Gasteiger partial charge in [0.15, 0.2) is 0 Å².